The van der Waals surface area contributed by atoms with E-state index in [1.165, 1.54) is 12.1 Å². The molecule has 1 aliphatic rings. The molecule has 0 aromatic heterocycles. The molecule has 0 unspecified atom stereocenters. The number of carbonyl (C=O) groups excluding carboxylic acids is 1. The van der Waals surface area contributed by atoms with Crippen LogP contribution in [0.15, 0.2) is 24.3 Å². The van der Waals surface area contributed by atoms with Crippen molar-refractivity contribution in [3.05, 3.63) is 35.6 Å². The molecule has 1 aromatic carbocycles. The lowest BCUT2D eigenvalue weighted by molar-refractivity contribution is 0.0583. The Labute approximate surface area is 101 Å². The lowest BCUT2D eigenvalue weighted by Crippen LogP contribution is -2.43. The lowest BCUT2D eigenvalue weighted by atomic mass is 9.84. The quantitative estimate of drug-likeness (QED) is 0.732. The third kappa shape index (κ3) is 2.84. The highest BCUT2D eigenvalue weighted by Gasteiger charge is 2.29. The third-order valence-electron chi connectivity index (χ3n) is 3.26. The molecule has 0 atom stereocenters. The van der Waals surface area contributed by atoms with E-state index in [2.05, 4.69) is 13.8 Å². The van der Waals surface area contributed by atoms with Crippen LogP contribution in [0.3, 0.4) is 0 Å². The standard InChI is InChI=1S/C14H18FNO/c1-14(2)7-4-8-16(10-14)13(17)11-5-3-6-12(15)9-11/h3,5-6,9H,4,7-8,10H2,1-2H3. The summed E-state index contributed by atoms with van der Waals surface area (Å²) in [5, 5.41) is 0. The molecule has 17 heavy (non-hydrogen) atoms. The number of carbonyl (C=O) groups is 1. The Kier molecular flexibility index (Phi) is 3.18. The first kappa shape index (κ1) is 12.1. The first-order valence-corrected chi connectivity index (χ1v) is 6.03. The van der Waals surface area contributed by atoms with E-state index < -0.39 is 0 Å². The Morgan fingerprint density at radius 1 is 1.41 bits per heavy atom. The van der Waals surface area contributed by atoms with Gasteiger partial charge in [-0.15, -0.1) is 0 Å². The predicted octanol–water partition coefficient (Wildman–Crippen LogP) is 3.09. The zero-order valence-corrected chi connectivity index (χ0v) is 10.4. The van der Waals surface area contributed by atoms with Gasteiger partial charge in [-0.3, -0.25) is 4.79 Å². The van der Waals surface area contributed by atoms with Gasteiger partial charge < -0.3 is 4.90 Å². The van der Waals surface area contributed by atoms with Gasteiger partial charge in [-0.05, 0) is 36.5 Å². The molecule has 0 aliphatic carbocycles. The Hall–Kier alpha value is -1.38. The van der Waals surface area contributed by atoms with E-state index in [4.69, 9.17) is 0 Å². The molecule has 1 fully saturated rings. The smallest absolute Gasteiger partial charge is 0.253 e. The SMILES string of the molecule is CC1(C)CCCN(C(=O)c2cccc(F)c2)C1. The molecule has 0 saturated carbocycles. The minimum Gasteiger partial charge on any atom is -0.338 e. The van der Waals surface area contributed by atoms with Gasteiger partial charge in [-0.25, -0.2) is 4.39 Å². The van der Waals surface area contributed by atoms with E-state index in [-0.39, 0.29) is 17.1 Å². The minimum atomic E-state index is -0.355. The molecule has 2 nitrogen and oxygen atoms in total. The van der Waals surface area contributed by atoms with Crippen LogP contribution < -0.4 is 0 Å². The average molecular weight is 235 g/mol. The van der Waals surface area contributed by atoms with E-state index in [1.807, 2.05) is 4.90 Å². The fourth-order valence-electron chi connectivity index (χ4n) is 2.40. The van der Waals surface area contributed by atoms with Crippen LogP contribution in [0, 0.1) is 11.2 Å². The van der Waals surface area contributed by atoms with Crippen molar-refractivity contribution < 1.29 is 9.18 Å². The number of benzene rings is 1. The molecule has 1 heterocycles. The molecule has 1 amide bonds. The molecule has 1 aliphatic heterocycles. The Balaban J connectivity index is 2.15. The van der Waals surface area contributed by atoms with Crippen LogP contribution in [0.25, 0.3) is 0 Å². The van der Waals surface area contributed by atoms with Crippen LogP contribution in [-0.2, 0) is 0 Å². The van der Waals surface area contributed by atoms with E-state index in [1.54, 1.807) is 12.1 Å². The van der Waals surface area contributed by atoms with Crippen LogP contribution in [0.5, 0.6) is 0 Å². The maximum Gasteiger partial charge on any atom is 0.253 e. The van der Waals surface area contributed by atoms with Gasteiger partial charge in [0.25, 0.3) is 5.91 Å². The number of nitrogens with zero attached hydrogens (tertiary/aromatic N) is 1. The third-order valence-corrected chi connectivity index (χ3v) is 3.26. The van der Waals surface area contributed by atoms with Gasteiger partial charge in [-0.2, -0.15) is 0 Å². The minimum absolute atomic E-state index is 0.0581. The predicted molar refractivity (Wildman–Crippen MR) is 65.3 cm³/mol. The fraction of sp³-hybridized carbons (Fsp3) is 0.500. The average Bonchev–Trinajstić information content (AvgIpc) is 2.26. The van der Waals surface area contributed by atoms with Gasteiger partial charge >= 0.3 is 0 Å². The number of halogens is 1. The molecule has 2 rings (SSSR count). The summed E-state index contributed by atoms with van der Waals surface area (Å²) in [5.41, 5.74) is 0.615. The Morgan fingerprint density at radius 3 is 2.82 bits per heavy atom. The van der Waals surface area contributed by atoms with Crippen LogP contribution in [0.1, 0.15) is 37.0 Å². The van der Waals surface area contributed by atoms with Gasteiger partial charge in [0.05, 0.1) is 0 Å². The highest BCUT2D eigenvalue weighted by Crippen LogP contribution is 2.29. The molecule has 0 radical (unpaired) electrons. The fourth-order valence-corrected chi connectivity index (χ4v) is 2.40. The second kappa shape index (κ2) is 4.47. The normalized spacial score (nSPS) is 19.1. The van der Waals surface area contributed by atoms with Gasteiger partial charge in [-0.1, -0.05) is 19.9 Å². The number of amides is 1. The topological polar surface area (TPSA) is 20.3 Å². The molecule has 0 N–H and O–H groups in total. The van der Waals surface area contributed by atoms with Gasteiger partial charge in [0.15, 0.2) is 0 Å². The lowest BCUT2D eigenvalue weighted by Gasteiger charge is -2.38. The van der Waals surface area contributed by atoms with Crippen molar-refractivity contribution in [2.75, 3.05) is 13.1 Å². The highest BCUT2D eigenvalue weighted by molar-refractivity contribution is 5.94. The van der Waals surface area contributed by atoms with E-state index in [9.17, 15) is 9.18 Å². The van der Waals surface area contributed by atoms with Crippen molar-refractivity contribution in [3.8, 4) is 0 Å². The summed E-state index contributed by atoms with van der Waals surface area (Å²) < 4.78 is 13.1. The number of hydrogen-bond acceptors (Lipinski definition) is 1. The molecule has 3 heteroatoms. The van der Waals surface area contributed by atoms with Gasteiger partial charge in [0.1, 0.15) is 5.82 Å². The maximum absolute atomic E-state index is 13.1. The molecule has 0 bridgehead atoms. The van der Waals surface area contributed by atoms with E-state index in [0.29, 0.717) is 5.56 Å². The van der Waals surface area contributed by atoms with Crippen molar-refractivity contribution in [2.24, 2.45) is 5.41 Å². The highest BCUT2D eigenvalue weighted by atomic mass is 19.1. The largest absolute Gasteiger partial charge is 0.338 e. The van der Waals surface area contributed by atoms with Gasteiger partial charge in [0, 0.05) is 18.7 Å². The van der Waals surface area contributed by atoms with Crippen LogP contribution >= 0.6 is 0 Å². The first-order chi connectivity index (χ1) is 7.98. The monoisotopic (exact) mass is 235 g/mol. The summed E-state index contributed by atoms with van der Waals surface area (Å²) in [7, 11) is 0. The number of rotatable bonds is 1. The Bertz CT molecular complexity index is 428. The van der Waals surface area contributed by atoms with Crippen molar-refractivity contribution in [1.29, 1.82) is 0 Å². The molecular formula is C14H18FNO. The van der Waals surface area contributed by atoms with Crippen LogP contribution in [0.2, 0.25) is 0 Å². The Morgan fingerprint density at radius 2 is 2.18 bits per heavy atom. The van der Waals surface area contributed by atoms with Crippen LogP contribution in [0.4, 0.5) is 4.39 Å². The number of piperidine rings is 1. The summed E-state index contributed by atoms with van der Waals surface area (Å²) in [6.07, 6.45) is 2.16. The van der Waals surface area contributed by atoms with Crippen LogP contribution in [-0.4, -0.2) is 23.9 Å². The molecule has 0 spiro atoms. The summed E-state index contributed by atoms with van der Waals surface area (Å²) in [6, 6.07) is 5.92. The number of likely N-dealkylation sites (tertiary alicyclic amines) is 1. The van der Waals surface area contributed by atoms with Crippen molar-refractivity contribution in [3.63, 3.8) is 0 Å². The maximum atomic E-state index is 13.1. The second-order valence-electron chi connectivity index (χ2n) is 5.50. The van der Waals surface area contributed by atoms with E-state index in [0.717, 1.165) is 25.9 Å². The molecule has 92 valence electrons. The summed E-state index contributed by atoms with van der Waals surface area (Å²) in [4.78, 5) is 14.0. The van der Waals surface area contributed by atoms with E-state index >= 15 is 0 Å². The first-order valence-electron chi connectivity index (χ1n) is 6.03. The van der Waals surface area contributed by atoms with Crippen molar-refractivity contribution in [2.45, 2.75) is 26.7 Å². The molecular weight excluding hydrogens is 217 g/mol. The zero-order chi connectivity index (χ0) is 12.5. The summed E-state index contributed by atoms with van der Waals surface area (Å²) in [6.45, 7) is 5.86. The van der Waals surface area contributed by atoms with Crippen molar-refractivity contribution >= 4 is 5.91 Å². The summed E-state index contributed by atoms with van der Waals surface area (Å²) in [5.74, 6) is -0.413. The zero-order valence-electron chi connectivity index (χ0n) is 10.4. The second-order valence-corrected chi connectivity index (χ2v) is 5.50. The van der Waals surface area contributed by atoms with Crippen molar-refractivity contribution in [1.82, 2.24) is 4.90 Å². The summed E-state index contributed by atoms with van der Waals surface area (Å²) >= 11 is 0. The molecule has 1 saturated heterocycles. The molecule has 1 aromatic rings. The number of hydrogen-bond donors (Lipinski definition) is 0. The van der Waals surface area contributed by atoms with Gasteiger partial charge in [0.2, 0.25) is 0 Å².